The molecule has 1 aromatic rings. The van der Waals surface area contributed by atoms with Gasteiger partial charge in [-0.15, -0.1) is 29.9 Å². The molecule has 1 amide bonds. The van der Waals surface area contributed by atoms with Crippen LogP contribution in [0.1, 0.15) is 19.8 Å². The molecule has 1 aliphatic rings. The molecule has 0 spiro atoms. The van der Waals surface area contributed by atoms with Crippen molar-refractivity contribution in [2.45, 2.75) is 25.8 Å². The molecule has 2 rings (SSSR count). The number of carbonyl (C=O) groups excluding carboxylic acids is 1. The van der Waals surface area contributed by atoms with Gasteiger partial charge in [0.05, 0.1) is 0 Å². The molecule has 6 nitrogen and oxygen atoms in total. The van der Waals surface area contributed by atoms with Crippen molar-refractivity contribution in [1.29, 1.82) is 0 Å². The van der Waals surface area contributed by atoms with Crippen LogP contribution in [0, 0.1) is 5.92 Å². The Balaban J connectivity index is 0.00000220. The highest BCUT2D eigenvalue weighted by Gasteiger charge is 2.26. The average Bonchev–Trinajstić information content (AvgIpc) is 2.94. The zero-order valence-corrected chi connectivity index (χ0v) is 14.6. The molecule has 1 fully saturated rings. The van der Waals surface area contributed by atoms with Crippen LogP contribution < -0.4 is 15.5 Å². The molecule has 8 heteroatoms. The second kappa shape index (κ2) is 10.6. The fraction of sp³-hybridized carbons (Fsp3) is 0.643. The first-order chi connectivity index (χ1) is 9.72. The molecule has 1 aromatic heterocycles. The summed E-state index contributed by atoms with van der Waals surface area (Å²) in [7, 11) is 1.86. The highest BCUT2D eigenvalue weighted by Crippen LogP contribution is 2.22. The van der Waals surface area contributed by atoms with Gasteiger partial charge in [-0.3, -0.25) is 4.79 Å². The largest absolute Gasteiger partial charge is 0.354 e. The number of carbonyl (C=O) groups is 1. The van der Waals surface area contributed by atoms with Crippen LogP contribution in [0.25, 0.3) is 0 Å². The van der Waals surface area contributed by atoms with Crippen LogP contribution in [0.4, 0.5) is 5.82 Å². The Labute approximate surface area is 144 Å². The minimum absolute atomic E-state index is 0. The van der Waals surface area contributed by atoms with E-state index in [1.165, 1.54) is 0 Å². The SMILES string of the molecule is CNCC(C)C(=O)NCC1CCCN1c1cccnn1.Cl.Cl. The lowest BCUT2D eigenvalue weighted by molar-refractivity contribution is -0.124. The van der Waals surface area contributed by atoms with E-state index in [4.69, 9.17) is 0 Å². The molecule has 0 bridgehead atoms. The molecule has 0 saturated carbocycles. The Morgan fingerprint density at radius 1 is 1.50 bits per heavy atom. The Morgan fingerprint density at radius 3 is 2.91 bits per heavy atom. The molecule has 1 aliphatic heterocycles. The standard InChI is InChI=1S/C14H23N5O.2ClH/c1-11(9-15-2)14(20)16-10-12-5-4-8-19(12)13-6-3-7-17-18-13;;/h3,6-7,11-12,15H,4-5,8-10H2,1-2H3,(H,16,20);2*1H. The summed E-state index contributed by atoms with van der Waals surface area (Å²) in [6.07, 6.45) is 3.89. The number of hydrogen-bond donors (Lipinski definition) is 2. The van der Waals surface area contributed by atoms with Crippen molar-refractivity contribution in [2.75, 3.05) is 31.6 Å². The van der Waals surface area contributed by atoms with Gasteiger partial charge in [-0.05, 0) is 32.0 Å². The van der Waals surface area contributed by atoms with Crippen LogP contribution in [-0.2, 0) is 4.79 Å². The predicted molar refractivity (Wildman–Crippen MR) is 93.0 cm³/mol. The Bertz CT molecular complexity index is 435. The van der Waals surface area contributed by atoms with E-state index in [1.807, 2.05) is 26.1 Å². The van der Waals surface area contributed by atoms with Crippen LogP contribution in [0.3, 0.4) is 0 Å². The quantitative estimate of drug-likeness (QED) is 0.808. The van der Waals surface area contributed by atoms with Gasteiger partial charge in [-0.25, -0.2) is 0 Å². The zero-order valence-electron chi connectivity index (χ0n) is 13.0. The normalized spacial score (nSPS) is 18.1. The van der Waals surface area contributed by atoms with Crippen LogP contribution in [0.5, 0.6) is 0 Å². The first-order valence-electron chi connectivity index (χ1n) is 7.19. The number of amides is 1. The highest BCUT2D eigenvalue weighted by atomic mass is 35.5. The van der Waals surface area contributed by atoms with Crippen LogP contribution in [0.2, 0.25) is 0 Å². The Morgan fingerprint density at radius 2 is 2.27 bits per heavy atom. The highest BCUT2D eigenvalue weighted by molar-refractivity contribution is 5.85. The maximum absolute atomic E-state index is 11.9. The minimum Gasteiger partial charge on any atom is -0.354 e. The molecule has 2 atom stereocenters. The summed E-state index contributed by atoms with van der Waals surface area (Å²) < 4.78 is 0. The molecule has 2 heterocycles. The van der Waals surface area contributed by atoms with E-state index in [0.717, 1.165) is 25.2 Å². The van der Waals surface area contributed by atoms with Gasteiger partial charge in [-0.1, -0.05) is 6.92 Å². The first kappa shape index (κ1) is 20.9. The maximum atomic E-state index is 11.9. The second-order valence-electron chi connectivity index (χ2n) is 5.28. The molecule has 0 aliphatic carbocycles. The van der Waals surface area contributed by atoms with E-state index in [2.05, 4.69) is 25.7 Å². The molecule has 2 N–H and O–H groups in total. The van der Waals surface area contributed by atoms with Crippen molar-refractivity contribution in [2.24, 2.45) is 5.92 Å². The molecule has 0 aromatic carbocycles. The monoisotopic (exact) mass is 349 g/mol. The van der Waals surface area contributed by atoms with E-state index in [1.54, 1.807) is 6.20 Å². The average molecular weight is 350 g/mol. The molecule has 1 saturated heterocycles. The van der Waals surface area contributed by atoms with Crippen molar-refractivity contribution in [3.63, 3.8) is 0 Å². The van der Waals surface area contributed by atoms with Gasteiger partial charge in [-0.2, -0.15) is 5.10 Å². The van der Waals surface area contributed by atoms with E-state index in [0.29, 0.717) is 19.1 Å². The van der Waals surface area contributed by atoms with Gasteiger partial charge in [0.1, 0.15) is 0 Å². The molecule has 126 valence electrons. The van der Waals surface area contributed by atoms with Crippen molar-refractivity contribution in [3.8, 4) is 0 Å². The Hall–Kier alpha value is -1.11. The third kappa shape index (κ3) is 5.59. The minimum atomic E-state index is -0.00799. The molecule has 0 radical (unpaired) electrons. The van der Waals surface area contributed by atoms with E-state index in [9.17, 15) is 4.79 Å². The van der Waals surface area contributed by atoms with Gasteiger partial charge in [0.2, 0.25) is 5.91 Å². The van der Waals surface area contributed by atoms with E-state index in [-0.39, 0.29) is 36.6 Å². The fourth-order valence-electron chi connectivity index (χ4n) is 2.59. The van der Waals surface area contributed by atoms with Gasteiger partial charge in [0, 0.05) is 37.8 Å². The second-order valence-corrected chi connectivity index (χ2v) is 5.28. The number of halogens is 2. The fourth-order valence-corrected chi connectivity index (χ4v) is 2.59. The number of nitrogens with one attached hydrogen (secondary N) is 2. The van der Waals surface area contributed by atoms with Gasteiger partial charge >= 0.3 is 0 Å². The van der Waals surface area contributed by atoms with Gasteiger partial charge in [0.15, 0.2) is 5.82 Å². The van der Waals surface area contributed by atoms with Crippen molar-refractivity contribution < 1.29 is 4.79 Å². The van der Waals surface area contributed by atoms with Crippen molar-refractivity contribution >= 4 is 36.5 Å². The summed E-state index contributed by atoms with van der Waals surface area (Å²) in [5.74, 6) is 0.990. The molecule has 2 unspecified atom stereocenters. The van der Waals surface area contributed by atoms with Crippen LogP contribution in [-0.4, -0.2) is 48.8 Å². The van der Waals surface area contributed by atoms with Gasteiger partial charge < -0.3 is 15.5 Å². The summed E-state index contributed by atoms with van der Waals surface area (Å²) >= 11 is 0. The molecular weight excluding hydrogens is 325 g/mol. The topological polar surface area (TPSA) is 70.2 Å². The molecular formula is C14H25Cl2N5O. The van der Waals surface area contributed by atoms with E-state index >= 15 is 0 Å². The number of anilines is 1. The van der Waals surface area contributed by atoms with Crippen LogP contribution in [0.15, 0.2) is 18.3 Å². The summed E-state index contributed by atoms with van der Waals surface area (Å²) in [5.41, 5.74) is 0. The van der Waals surface area contributed by atoms with Crippen LogP contribution >= 0.6 is 24.8 Å². The van der Waals surface area contributed by atoms with Crippen molar-refractivity contribution in [3.05, 3.63) is 18.3 Å². The zero-order chi connectivity index (χ0) is 14.4. The predicted octanol–water partition coefficient (Wildman–Crippen LogP) is 1.26. The number of rotatable bonds is 6. The lowest BCUT2D eigenvalue weighted by atomic mass is 10.1. The van der Waals surface area contributed by atoms with Crippen molar-refractivity contribution in [1.82, 2.24) is 20.8 Å². The number of aromatic nitrogens is 2. The first-order valence-corrected chi connectivity index (χ1v) is 7.19. The summed E-state index contributed by atoms with van der Waals surface area (Å²) in [6.45, 7) is 4.28. The smallest absolute Gasteiger partial charge is 0.224 e. The third-order valence-electron chi connectivity index (χ3n) is 3.70. The summed E-state index contributed by atoms with van der Waals surface area (Å²) in [6, 6.07) is 4.18. The van der Waals surface area contributed by atoms with Gasteiger partial charge in [0.25, 0.3) is 0 Å². The maximum Gasteiger partial charge on any atom is 0.224 e. The number of nitrogens with zero attached hydrogens (tertiary/aromatic N) is 3. The van der Waals surface area contributed by atoms with E-state index < -0.39 is 0 Å². The summed E-state index contributed by atoms with van der Waals surface area (Å²) in [4.78, 5) is 14.2. The lowest BCUT2D eigenvalue weighted by Gasteiger charge is -2.25. The summed E-state index contributed by atoms with van der Waals surface area (Å²) in [5, 5.41) is 14.1. The third-order valence-corrected chi connectivity index (χ3v) is 3.70. The Kier molecular flexibility index (Phi) is 10.1. The molecule has 22 heavy (non-hydrogen) atoms. The number of hydrogen-bond acceptors (Lipinski definition) is 5. The lowest BCUT2D eigenvalue weighted by Crippen LogP contribution is -2.43.